The van der Waals surface area contributed by atoms with Crippen LogP contribution in [0.15, 0.2) is 0 Å². The lowest BCUT2D eigenvalue weighted by Crippen LogP contribution is -2.46. The number of aliphatic carboxylic acids is 1. The van der Waals surface area contributed by atoms with Crippen molar-refractivity contribution in [2.24, 2.45) is 17.3 Å². The number of halogens is 3. The summed E-state index contributed by atoms with van der Waals surface area (Å²) in [5, 5.41) is 10.2. The summed E-state index contributed by atoms with van der Waals surface area (Å²) in [5.74, 6) is -1.56. The average molecular weight is 408 g/mol. The van der Waals surface area contributed by atoms with E-state index >= 15 is 0 Å². The number of carboxylic acid groups (broad SMARTS) is 1. The maximum atomic E-state index is 12.0. The fraction of sp³-hybridized carbons (Fsp3) is 0.895. The summed E-state index contributed by atoms with van der Waals surface area (Å²) in [7, 11) is 1.71. The molecule has 2 saturated heterocycles. The second-order valence-corrected chi connectivity index (χ2v) is 8.20. The zero-order valence-electron chi connectivity index (χ0n) is 16.4. The Labute approximate surface area is 163 Å². The predicted octanol–water partition coefficient (Wildman–Crippen LogP) is 2.67. The first kappa shape index (κ1) is 22.9. The molecule has 0 aromatic rings. The smallest absolute Gasteiger partial charge is 0.475 e. The lowest BCUT2D eigenvalue weighted by atomic mass is 9.70. The summed E-state index contributed by atoms with van der Waals surface area (Å²) < 4.78 is 37.0. The number of methoxy groups -OCH3 is 1. The number of alkyl halides is 3. The monoisotopic (exact) mass is 408 g/mol. The Morgan fingerprint density at radius 2 is 1.82 bits per heavy atom. The van der Waals surface area contributed by atoms with Gasteiger partial charge in [0.25, 0.3) is 0 Å². The molecule has 28 heavy (non-hydrogen) atoms. The minimum Gasteiger partial charge on any atom is -0.475 e. The van der Waals surface area contributed by atoms with Crippen LogP contribution in [-0.4, -0.2) is 68.0 Å². The van der Waals surface area contributed by atoms with Gasteiger partial charge in [-0.1, -0.05) is 19.3 Å². The molecule has 2 aliphatic heterocycles. The Morgan fingerprint density at radius 1 is 1.25 bits per heavy atom. The van der Waals surface area contributed by atoms with Gasteiger partial charge < -0.3 is 20.1 Å². The van der Waals surface area contributed by atoms with E-state index < -0.39 is 12.1 Å². The molecule has 0 radical (unpaired) electrons. The molecule has 6 nitrogen and oxygen atoms in total. The van der Waals surface area contributed by atoms with Gasteiger partial charge in [-0.05, 0) is 44.7 Å². The maximum Gasteiger partial charge on any atom is 0.490 e. The highest BCUT2D eigenvalue weighted by Crippen LogP contribution is 2.42. The van der Waals surface area contributed by atoms with Gasteiger partial charge in [0.15, 0.2) is 0 Å². The number of rotatable bonds is 4. The predicted molar refractivity (Wildman–Crippen MR) is 96.7 cm³/mol. The molecule has 1 unspecified atom stereocenters. The molecule has 3 rings (SSSR count). The molecule has 1 spiro atoms. The lowest BCUT2D eigenvalue weighted by molar-refractivity contribution is -0.192. The van der Waals surface area contributed by atoms with Gasteiger partial charge in [-0.3, -0.25) is 4.79 Å². The minimum absolute atomic E-state index is 0.0688. The first-order valence-corrected chi connectivity index (χ1v) is 9.97. The molecule has 0 aromatic carbocycles. The third-order valence-electron chi connectivity index (χ3n) is 6.34. The number of carboxylic acids is 1. The number of hydrogen-bond acceptors (Lipinski definition) is 4. The van der Waals surface area contributed by atoms with Gasteiger partial charge in [0.2, 0.25) is 5.91 Å². The number of nitrogens with zero attached hydrogens (tertiary/aromatic N) is 1. The molecule has 1 atom stereocenters. The van der Waals surface area contributed by atoms with Crippen molar-refractivity contribution in [2.75, 3.05) is 39.9 Å². The topological polar surface area (TPSA) is 78.9 Å². The van der Waals surface area contributed by atoms with Crippen LogP contribution in [0.4, 0.5) is 13.2 Å². The Bertz CT molecular complexity index is 528. The molecule has 1 aliphatic carbocycles. The number of amides is 1. The summed E-state index contributed by atoms with van der Waals surface area (Å²) in [6, 6.07) is 0. The number of ether oxygens (including phenoxy) is 1. The van der Waals surface area contributed by atoms with E-state index in [1.165, 1.54) is 38.6 Å². The lowest BCUT2D eigenvalue weighted by Gasteiger charge is -2.42. The Balaban J connectivity index is 0.000000345. The van der Waals surface area contributed by atoms with E-state index in [0.29, 0.717) is 6.61 Å². The fourth-order valence-corrected chi connectivity index (χ4v) is 4.65. The molecule has 2 N–H and O–H groups in total. The van der Waals surface area contributed by atoms with E-state index in [0.717, 1.165) is 38.4 Å². The minimum atomic E-state index is -5.08. The quantitative estimate of drug-likeness (QED) is 0.748. The molecule has 0 bridgehead atoms. The van der Waals surface area contributed by atoms with Crippen molar-refractivity contribution in [1.82, 2.24) is 10.2 Å². The van der Waals surface area contributed by atoms with E-state index in [-0.39, 0.29) is 17.2 Å². The third-order valence-corrected chi connectivity index (χ3v) is 6.34. The van der Waals surface area contributed by atoms with Crippen LogP contribution in [0.2, 0.25) is 0 Å². The number of carbonyl (C=O) groups is 2. The van der Waals surface area contributed by atoms with E-state index in [9.17, 15) is 18.0 Å². The second-order valence-electron chi connectivity index (χ2n) is 8.20. The highest BCUT2D eigenvalue weighted by Gasteiger charge is 2.49. The van der Waals surface area contributed by atoms with Crippen molar-refractivity contribution >= 4 is 11.9 Å². The molecular weight excluding hydrogens is 377 g/mol. The van der Waals surface area contributed by atoms with E-state index in [4.69, 9.17) is 14.6 Å². The summed E-state index contributed by atoms with van der Waals surface area (Å²) >= 11 is 0. The van der Waals surface area contributed by atoms with Crippen LogP contribution in [0.1, 0.15) is 44.9 Å². The molecule has 9 heteroatoms. The van der Waals surface area contributed by atoms with Gasteiger partial charge in [0.05, 0.1) is 12.5 Å². The molecule has 3 aliphatic rings. The number of nitrogens with one attached hydrogen (secondary N) is 1. The van der Waals surface area contributed by atoms with Gasteiger partial charge in [-0.25, -0.2) is 4.79 Å². The zero-order valence-corrected chi connectivity index (χ0v) is 16.4. The first-order valence-electron chi connectivity index (χ1n) is 9.97. The van der Waals surface area contributed by atoms with E-state index in [1.807, 2.05) is 0 Å². The zero-order chi connectivity index (χ0) is 20.8. The number of hydrogen-bond donors (Lipinski definition) is 2. The molecule has 162 valence electrons. The molecule has 3 fully saturated rings. The van der Waals surface area contributed by atoms with E-state index in [1.54, 1.807) is 7.11 Å². The molecule has 0 aromatic heterocycles. The summed E-state index contributed by atoms with van der Waals surface area (Å²) in [6.45, 7) is 5.04. The van der Waals surface area contributed by atoms with Gasteiger partial charge in [0, 0.05) is 25.6 Å². The average Bonchev–Trinajstić information content (AvgIpc) is 2.95. The van der Waals surface area contributed by atoms with Crippen LogP contribution in [-0.2, 0) is 14.3 Å². The highest BCUT2D eigenvalue weighted by atomic mass is 19.4. The van der Waals surface area contributed by atoms with Crippen LogP contribution in [0.25, 0.3) is 0 Å². The van der Waals surface area contributed by atoms with Crippen molar-refractivity contribution in [3.05, 3.63) is 0 Å². The van der Waals surface area contributed by atoms with E-state index in [2.05, 4.69) is 10.2 Å². The van der Waals surface area contributed by atoms with Gasteiger partial charge in [0.1, 0.15) is 0 Å². The van der Waals surface area contributed by atoms with Crippen molar-refractivity contribution in [3.8, 4) is 0 Å². The van der Waals surface area contributed by atoms with Crippen molar-refractivity contribution in [2.45, 2.75) is 51.1 Å². The van der Waals surface area contributed by atoms with Crippen molar-refractivity contribution in [1.29, 1.82) is 0 Å². The standard InChI is InChI=1S/C17H30N2O2.C2HF3O2/c1-21-12-15-16(20)18-13-17(15)7-9-19(10-8-17)11-14-5-3-2-4-6-14;3-2(4,5)1(6)7/h14-15H,2-13H2,1H3,(H,18,20);(H,6,7). The number of likely N-dealkylation sites (tertiary alicyclic amines) is 1. The van der Waals surface area contributed by atoms with Crippen LogP contribution >= 0.6 is 0 Å². The molecule has 1 saturated carbocycles. The Morgan fingerprint density at radius 3 is 2.32 bits per heavy atom. The number of carbonyl (C=O) groups excluding carboxylic acids is 1. The summed E-state index contributed by atoms with van der Waals surface area (Å²) in [5.41, 5.74) is 0.163. The van der Waals surface area contributed by atoms with Crippen LogP contribution in [0.5, 0.6) is 0 Å². The normalized spacial score (nSPS) is 25.9. The van der Waals surface area contributed by atoms with Crippen LogP contribution in [0, 0.1) is 17.3 Å². The second kappa shape index (κ2) is 9.91. The molecule has 2 heterocycles. The van der Waals surface area contributed by atoms with Crippen molar-refractivity contribution in [3.63, 3.8) is 0 Å². The summed E-state index contributed by atoms with van der Waals surface area (Å²) in [4.78, 5) is 23.6. The third kappa shape index (κ3) is 6.07. The Hall–Kier alpha value is -1.35. The van der Waals surface area contributed by atoms with Crippen LogP contribution < -0.4 is 5.32 Å². The first-order chi connectivity index (χ1) is 13.2. The highest BCUT2D eigenvalue weighted by molar-refractivity contribution is 5.82. The fourth-order valence-electron chi connectivity index (χ4n) is 4.65. The SMILES string of the molecule is COCC1C(=O)NCC12CCN(CC1CCCCC1)CC2.O=C(O)C(F)(F)F. The summed E-state index contributed by atoms with van der Waals surface area (Å²) in [6.07, 6.45) is 4.35. The largest absolute Gasteiger partial charge is 0.490 e. The van der Waals surface area contributed by atoms with Crippen LogP contribution in [0.3, 0.4) is 0 Å². The molecule has 1 amide bonds. The van der Waals surface area contributed by atoms with Gasteiger partial charge in [-0.2, -0.15) is 13.2 Å². The van der Waals surface area contributed by atoms with Gasteiger partial charge >= 0.3 is 12.1 Å². The molecular formula is C19H31F3N2O4. The Kier molecular flexibility index (Phi) is 8.12. The number of piperidine rings is 1. The maximum absolute atomic E-state index is 12.0. The van der Waals surface area contributed by atoms with Gasteiger partial charge in [-0.15, -0.1) is 0 Å². The van der Waals surface area contributed by atoms with Crippen molar-refractivity contribution < 1.29 is 32.6 Å².